The number of guanidine groups is 1. The number of benzene rings is 1. The van der Waals surface area contributed by atoms with Crippen LogP contribution in [0.3, 0.4) is 0 Å². The summed E-state index contributed by atoms with van der Waals surface area (Å²) < 4.78 is 29.3. The highest BCUT2D eigenvalue weighted by Gasteiger charge is 2.09. The maximum Gasteiger partial charge on any atom is 0.387 e. The number of alkyl halides is 2. The van der Waals surface area contributed by atoms with Gasteiger partial charge in [-0.25, -0.2) is 0 Å². The number of nitrogens with zero attached hydrogens (tertiary/aromatic N) is 2. The van der Waals surface area contributed by atoms with Crippen LogP contribution in [0.4, 0.5) is 8.78 Å². The van der Waals surface area contributed by atoms with E-state index in [0.717, 1.165) is 12.0 Å². The first-order valence-electron chi connectivity index (χ1n) is 7.55. The van der Waals surface area contributed by atoms with Crippen molar-refractivity contribution >= 4 is 5.96 Å². The van der Waals surface area contributed by atoms with E-state index in [0.29, 0.717) is 24.6 Å². The van der Waals surface area contributed by atoms with Gasteiger partial charge in [-0.15, -0.1) is 0 Å². The number of halogens is 2. The number of para-hydroxylation sites is 1. The van der Waals surface area contributed by atoms with Crippen LogP contribution in [0.1, 0.15) is 11.1 Å². The highest BCUT2D eigenvalue weighted by atomic mass is 19.3. The number of hydrogen-bond acceptors (Lipinski definition) is 3. The largest absolute Gasteiger partial charge is 0.434 e. The third kappa shape index (κ3) is 5.83. The first kappa shape index (κ1) is 17.7. The first-order chi connectivity index (χ1) is 11.7. The lowest BCUT2D eigenvalue weighted by molar-refractivity contribution is -0.0504. The monoisotopic (exact) mass is 334 g/mol. The normalized spacial score (nSPS) is 11.4. The van der Waals surface area contributed by atoms with Gasteiger partial charge in [0.2, 0.25) is 0 Å². The van der Waals surface area contributed by atoms with Crippen molar-refractivity contribution in [1.29, 1.82) is 0 Å². The molecule has 2 N–H and O–H groups in total. The van der Waals surface area contributed by atoms with Crippen LogP contribution in [-0.2, 0) is 13.0 Å². The van der Waals surface area contributed by atoms with E-state index in [-0.39, 0.29) is 5.75 Å². The molecule has 128 valence electrons. The Labute approximate surface area is 139 Å². The molecule has 0 aliphatic carbocycles. The molecule has 2 rings (SSSR count). The lowest BCUT2D eigenvalue weighted by atomic mass is 10.2. The molecular weight excluding hydrogens is 314 g/mol. The lowest BCUT2D eigenvalue weighted by Gasteiger charge is -2.14. The minimum Gasteiger partial charge on any atom is -0.434 e. The van der Waals surface area contributed by atoms with E-state index in [4.69, 9.17) is 0 Å². The molecule has 1 aromatic carbocycles. The van der Waals surface area contributed by atoms with Crippen LogP contribution in [0.2, 0.25) is 0 Å². The van der Waals surface area contributed by atoms with Gasteiger partial charge in [0.15, 0.2) is 5.96 Å². The van der Waals surface area contributed by atoms with E-state index in [9.17, 15) is 8.78 Å². The molecule has 0 atom stereocenters. The number of ether oxygens (including phenoxy) is 1. The number of nitrogens with one attached hydrogen (secondary N) is 2. The molecule has 24 heavy (non-hydrogen) atoms. The van der Waals surface area contributed by atoms with Gasteiger partial charge in [-0.1, -0.05) is 24.3 Å². The summed E-state index contributed by atoms with van der Waals surface area (Å²) in [7, 11) is 1.65. The van der Waals surface area contributed by atoms with Crippen molar-refractivity contribution in [1.82, 2.24) is 15.6 Å². The zero-order valence-electron chi connectivity index (χ0n) is 13.4. The van der Waals surface area contributed by atoms with Gasteiger partial charge in [0.1, 0.15) is 5.75 Å². The van der Waals surface area contributed by atoms with Gasteiger partial charge in [-0.05, 0) is 24.1 Å². The van der Waals surface area contributed by atoms with E-state index in [1.54, 1.807) is 31.4 Å². The van der Waals surface area contributed by atoms with Crippen molar-refractivity contribution in [2.24, 2.45) is 4.99 Å². The molecule has 0 radical (unpaired) electrons. The predicted octanol–water partition coefficient (Wildman–Crippen LogP) is 2.59. The van der Waals surface area contributed by atoms with E-state index in [2.05, 4.69) is 25.3 Å². The van der Waals surface area contributed by atoms with Crippen LogP contribution in [0, 0.1) is 0 Å². The van der Waals surface area contributed by atoms with Crippen LogP contribution in [0.15, 0.2) is 53.8 Å². The molecule has 0 spiro atoms. The minimum atomic E-state index is -2.84. The molecule has 1 heterocycles. The molecule has 0 unspecified atom stereocenters. The molecule has 0 fully saturated rings. The summed E-state index contributed by atoms with van der Waals surface area (Å²) >= 11 is 0. The van der Waals surface area contributed by atoms with E-state index in [1.165, 1.54) is 6.07 Å². The quantitative estimate of drug-likeness (QED) is 0.604. The van der Waals surface area contributed by atoms with Gasteiger partial charge in [0.05, 0.1) is 0 Å². The summed E-state index contributed by atoms with van der Waals surface area (Å²) in [4.78, 5) is 8.18. The van der Waals surface area contributed by atoms with Gasteiger partial charge in [0.25, 0.3) is 0 Å². The maximum absolute atomic E-state index is 12.4. The van der Waals surface area contributed by atoms with Crippen molar-refractivity contribution in [3.8, 4) is 5.75 Å². The second-order valence-electron chi connectivity index (χ2n) is 4.95. The molecular formula is C17H20F2N4O. The Morgan fingerprint density at radius 3 is 2.75 bits per heavy atom. The standard InChI is InChI=1S/C17H20F2N4O/c1-20-17(22-10-8-13-5-4-9-21-11-13)23-12-14-6-2-3-7-15(14)24-16(18)19/h2-7,9,11,16H,8,10,12H2,1H3,(H2,20,22,23). The Balaban J connectivity index is 1.83. The second kappa shape index (κ2) is 9.44. The third-order valence-electron chi connectivity index (χ3n) is 3.29. The lowest BCUT2D eigenvalue weighted by Crippen LogP contribution is -2.38. The minimum absolute atomic E-state index is 0.158. The first-order valence-corrected chi connectivity index (χ1v) is 7.55. The average Bonchev–Trinajstić information content (AvgIpc) is 2.59. The molecule has 0 aliphatic rings. The highest BCUT2D eigenvalue weighted by Crippen LogP contribution is 2.19. The topological polar surface area (TPSA) is 58.5 Å². The molecule has 7 heteroatoms. The van der Waals surface area contributed by atoms with Gasteiger partial charge < -0.3 is 15.4 Å². The van der Waals surface area contributed by atoms with Crippen molar-refractivity contribution in [3.63, 3.8) is 0 Å². The maximum atomic E-state index is 12.4. The SMILES string of the molecule is CN=C(NCCc1cccnc1)NCc1ccccc1OC(F)F. The highest BCUT2D eigenvalue weighted by molar-refractivity contribution is 5.79. The summed E-state index contributed by atoms with van der Waals surface area (Å²) in [6.07, 6.45) is 4.35. The van der Waals surface area contributed by atoms with Crippen LogP contribution in [-0.4, -0.2) is 31.1 Å². The Kier molecular flexibility index (Phi) is 6.94. The number of pyridine rings is 1. The molecule has 5 nitrogen and oxygen atoms in total. The summed E-state index contributed by atoms with van der Waals surface area (Å²) in [5.41, 5.74) is 1.75. The predicted molar refractivity (Wildman–Crippen MR) is 89.2 cm³/mol. The molecule has 2 aromatic rings. The van der Waals surface area contributed by atoms with Crippen molar-refractivity contribution in [2.75, 3.05) is 13.6 Å². The second-order valence-corrected chi connectivity index (χ2v) is 4.95. The average molecular weight is 334 g/mol. The molecule has 0 aliphatic heterocycles. The fourth-order valence-corrected chi connectivity index (χ4v) is 2.13. The zero-order valence-corrected chi connectivity index (χ0v) is 13.4. The zero-order chi connectivity index (χ0) is 17.2. The summed E-state index contributed by atoms with van der Waals surface area (Å²) in [6.45, 7) is -1.83. The van der Waals surface area contributed by atoms with Gasteiger partial charge in [0, 0.05) is 38.1 Å². The van der Waals surface area contributed by atoms with Crippen molar-refractivity contribution in [3.05, 3.63) is 59.9 Å². The Morgan fingerprint density at radius 2 is 2.04 bits per heavy atom. The molecule has 0 amide bonds. The van der Waals surface area contributed by atoms with Crippen LogP contribution < -0.4 is 15.4 Å². The number of aromatic nitrogens is 1. The Hall–Kier alpha value is -2.70. The van der Waals surface area contributed by atoms with Gasteiger partial charge in [-0.3, -0.25) is 9.98 Å². The van der Waals surface area contributed by atoms with Crippen molar-refractivity contribution < 1.29 is 13.5 Å². The number of rotatable bonds is 7. The van der Waals surface area contributed by atoms with Crippen LogP contribution >= 0.6 is 0 Å². The van der Waals surface area contributed by atoms with E-state index < -0.39 is 6.61 Å². The van der Waals surface area contributed by atoms with Crippen molar-refractivity contribution in [2.45, 2.75) is 19.6 Å². The van der Waals surface area contributed by atoms with E-state index in [1.807, 2.05) is 18.3 Å². The summed E-state index contributed by atoms with van der Waals surface area (Å²) in [5, 5.41) is 6.25. The number of aliphatic imine (C=N–C) groups is 1. The summed E-state index contributed by atoms with van der Waals surface area (Å²) in [6, 6.07) is 10.6. The fourth-order valence-electron chi connectivity index (χ4n) is 2.13. The number of hydrogen-bond donors (Lipinski definition) is 2. The third-order valence-corrected chi connectivity index (χ3v) is 3.29. The Morgan fingerprint density at radius 1 is 1.21 bits per heavy atom. The van der Waals surface area contributed by atoms with Crippen LogP contribution in [0.25, 0.3) is 0 Å². The van der Waals surface area contributed by atoms with Gasteiger partial charge >= 0.3 is 6.61 Å². The molecule has 1 aromatic heterocycles. The molecule has 0 saturated heterocycles. The Bertz CT molecular complexity index is 650. The molecule has 0 bridgehead atoms. The molecule has 0 saturated carbocycles. The van der Waals surface area contributed by atoms with Gasteiger partial charge in [-0.2, -0.15) is 8.78 Å². The fraction of sp³-hybridized carbons (Fsp3) is 0.294. The van der Waals surface area contributed by atoms with E-state index >= 15 is 0 Å². The van der Waals surface area contributed by atoms with Crippen LogP contribution in [0.5, 0.6) is 5.75 Å². The summed E-state index contributed by atoms with van der Waals surface area (Å²) in [5.74, 6) is 0.747. The smallest absolute Gasteiger partial charge is 0.387 e.